The molecule has 0 saturated carbocycles. The van der Waals surface area contributed by atoms with Crippen LogP contribution in [0.4, 0.5) is 5.69 Å². The van der Waals surface area contributed by atoms with Gasteiger partial charge in [-0.3, -0.25) is 9.36 Å². The zero-order valence-electron chi connectivity index (χ0n) is 14.4. The van der Waals surface area contributed by atoms with Crippen LogP contribution in [0.1, 0.15) is 11.2 Å². The Morgan fingerprint density at radius 1 is 1.04 bits per heavy atom. The average molecular weight is 432 g/mol. The van der Waals surface area contributed by atoms with E-state index >= 15 is 0 Å². The first-order chi connectivity index (χ1) is 13.3. The van der Waals surface area contributed by atoms with Crippen LogP contribution in [-0.2, 0) is 9.36 Å². The van der Waals surface area contributed by atoms with Crippen LogP contribution in [0.15, 0.2) is 66.0 Å². The van der Waals surface area contributed by atoms with Crippen molar-refractivity contribution in [1.29, 1.82) is 0 Å². The highest BCUT2D eigenvalue weighted by Gasteiger charge is 2.39. The minimum atomic E-state index is -4.77. The molecule has 1 heterocycles. The first-order valence-corrected chi connectivity index (χ1v) is 11.3. The van der Waals surface area contributed by atoms with Gasteiger partial charge in [0, 0.05) is 15.4 Å². The standard InChI is InChI=1S/C20H15ClNO4PS/c21-14-6-8-18-16(10-14)17(11-28-18)19(27(24,25)26)20(23)22-15-7-5-12-3-1-2-4-13(12)9-15/h1-11,19H,(H,22,23)(H2,24,25,26). The second-order valence-electron chi connectivity index (χ2n) is 6.37. The van der Waals surface area contributed by atoms with Crippen molar-refractivity contribution in [1.82, 2.24) is 0 Å². The Morgan fingerprint density at radius 2 is 1.79 bits per heavy atom. The number of fused-ring (bicyclic) bond motifs is 2. The third-order valence-electron chi connectivity index (χ3n) is 4.46. The molecule has 5 nitrogen and oxygen atoms in total. The van der Waals surface area contributed by atoms with E-state index in [0.29, 0.717) is 16.1 Å². The molecule has 0 aliphatic heterocycles. The first-order valence-electron chi connectivity index (χ1n) is 8.34. The van der Waals surface area contributed by atoms with E-state index in [2.05, 4.69) is 5.32 Å². The van der Waals surface area contributed by atoms with Gasteiger partial charge < -0.3 is 15.1 Å². The van der Waals surface area contributed by atoms with Crippen LogP contribution in [0.2, 0.25) is 5.02 Å². The highest BCUT2D eigenvalue weighted by molar-refractivity contribution is 7.53. The summed E-state index contributed by atoms with van der Waals surface area (Å²) in [6, 6.07) is 18.1. The lowest BCUT2D eigenvalue weighted by molar-refractivity contribution is -0.116. The molecule has 0 spiro atoms. The maximum absolute atomic E-state index is 12.9. The predicted molar refractivity (Wildman–Crippen MR) is 114 cm³/mol. The van der Waals surface area contributed by atoms with Crippen LogP contribution in [0.25, 0.3) is 20.9 Å². The summed E-state index contributed by atoms with van der Waals surface area (Å²) >= 11 is 7.35. The highest BCUT2D eigenvalue weighted by atomic mass is 35.5. The fourth-order valence-electron chi connectivity index (χ4n) is 3.19. The molecule has 0 radical (unpaired) electrons. The van der Waals surface area contributed by atoms with Crippen molar-refractivity contribution in [2.75, 3.05) is 5.32 Å². The van der Waals surface area contributed by atoms with E-state index in [1.165, 1.54) is 11.3 Å². The molecule has 0 aliphatic rings. The number of rotatable bonds is 4. The van der Waals surface area contributed by atoms with Crippen LogP contribution in [0.3, 0.4) is 0 Å². The zero-order valence-corrected chi connectivity index (χ0v) is 16.8. The Hall–Kier alpha value is -2.21. The van der Waals surface area contributed by atoms with Gasteiger partial charge in [-0.2, -0.15) is 0 Å². The number of nitrogens with one attached hydrogen (secondary N) is 1. The van der Waals surface area contributed by atoms with Gasteiger partial charge in [0.05, 0.1) is 0 Å². The van der Waals surface area contributed by atoms with Crippen molar-refractivity contribution in [3.63, 3.8) is 0 Å². The van der Waals surface area contributed by atoms with Crippen LogP contribution < -0.4 is 5.32 Å². The SMILES string of the molecule is O=C(Nc1ccc2ccccc2c1)C(c1csc2ccc(Cl)cc12)P(=O)(O)O. The number of carbonyl (C=O) groups is 1. The highest BCUT2D eigenvalue weighted by Crippen LogP contribution is 2.54. The van der Waals surface area contributed by atoms with Gasteiger partial charge in [-0.05, 0) is 57.4 Å². The van der Waals surface area contributed by atoms with Gasteiger partial charge in [0.15, 0.2) is 5.66 Å². The maximum Gasteiger partial charge on any atom is 0.342 e. The summed E-state index contributed by atoms with van der Waals surface area (Å²) in [6.45, 7) is 0. The van der Waals surface area contributed by atoms with E-state index in [1.54, 1.807) is 35.7 Å². The van der Waals surface area contributed by atoms with Gasteiger partial charge in [-0.1, -0.05) is 41.9 Å². The zero-order chi connectivity index (χ0) is 19.9. The Bertz CT molecular complexity index is 1250. The second kappa shape index (κ2) is 7.32. The summed E-state index contributed by atoms with van der Waals surface area (Å²) in [5.74, 6) is -0.761. The molecule has 0 aliphatic carbocycles. The van der Waals surface area contributed by atoms with E-state index in [1.807, 2.05) is 30.3 Å². The summed E-state index contributed by atoms with van der Waals surface area (Å²) < 4.78 is 13.0. The largest absolute Gasteiger partial charge is 0.342 e. The number of anilines is 1. The number of hydrogen-bond acceptors (Lipinski definition) is 3. The van der Waals surface area contributed by atoms with Gasteiger partial charge in [-0.25, -0.2) is 0 Å². The van der Waals surface area contributed by atoms with Crippen LogP contribution >= 0.6 is 30.5 Å². The van der Waals surface area contributed by atoms with E-state index in [4.69, 9.17) is 11.6 Å². The minimum absolute atomic E-state index is 0.272. The monoisotopic (exact) mass is 431 g/mol. The number of hydrogen-bond donors (Lipinski definition) is 3. The van der Waals surface area contributed by atoms with E-state index < -0.39 is 19.2 Å². The average Bonchev–Trinajstić information content (AvgIpc) is 3.03. The van der Waals surface area contributed by atoms with Gasteiger partial charge in [0.25, 0.3) is 0 Å². The molecule has 4 aromatic rings. The number of benzene rings is 3. The summed E-state index contributed by atoms with van der Waals surface area (Å²) in [5.41, 5.74) is -0.875. The van der Waals surface area contributed by atoms with E-state index in [0.717, 1.165) is 15.5 Å². The molecule has 8 heteroatoms. The van der Waals surface area contributed by atoms with Crippen molar-refractivity contribution < 1.29 is 19.1 Å². The van der Waals surface area contributed by atoms with E-state index in [-0.39, 0.29) is 5.56 Å². The van der Waals surface area contributed by atoms with Crippen molar-refractivity contribution in [2.24, 2.45) is 0 Å². The Morgan fingerprint density at radius 3 is 2.54 bits per heavy atom. The fourth-order valence-corrected chi connectivity index (χ4v) is 5.37. The topological polar surface area (TPSA) is 86.6 Å². The lowest BCUT2D eigenvalue weighted by atomic mass is 10.1. The quantitative estimate of drug-likeness (QED) is 0.369. The second-order valence-corrected chi connectivity index (χ2v) is 9.42. The molecule has 0 saturated heterocycles. The van der Waals surface area contributed by atoms with Crippen LogP contribution in [-0.4, -0.2) is 15.7 Å². The van der Waals surface area contributed by atoms with Crippen molar-refractivity contribution in [3.8, 4) is 0 Å². The van der Waals surface area contributed by atoms with Gasteiger partial charge in [0.1, 0.15) is 0 Å². The fraction of sp³-hybridized carbons (Fsp3) is 0.0500. The molecule has 1 aromatic heterocycles. The molecule has 3 N–H and O–H groups in total. The third kappa shape index (κ3) is 3.70. The van der Waals surface area contributed by atoms with Gasteiger partial charge in [0.2, 0.25) is 5.91 Å². The third-order valence-corrected chi connectivity index (χ3v) is 6.86. The van der Waals surface area contributed by atoms with E-state index in [9.17, 15) is 19.1 Å². The Kier molecular flexibility index (Phi) is 5.00. The summed E-state index contributed by atoms with van der Waals surface area (Å²) in [6.07, 6.45) is 0. The lowest BCUT2D eigenvalue weighted by Crippen LogP contribution is -2.21. The van der Waals surface area contributed by atoms with Crippen molar-refractivity contribution >= 4 is 63.0 Å². The molecule has 0 bridgehead atoms. The molecular formula is C20H15ClNO4PS. The minimum Gasteiger partial charge on any atom is -0.325 e. The number of thiophene rings is 1. The summed E-state index contributed by atoms with van der Waals surface area (Å²) in [7, 11) is -4.77. The molecule has 1 amide bonds. The molecule has 142 valence electrons. The summed E-state index contributed by atoms with van der Waals surface area (Å²) in [5, 5.41) is 7.18. The van der Waals surface area contributed by atoms with Crippen molar-refractivity contribution in [2.45, 2.75) is 5.66 Å². The molecule has 3 aromatic carbocycles. The first kappa shape index (κ1) is 19.1. The Balaban J connectivity index is 1.73. The molecule has 4 rings (SSSR count). The van der Waals surface area contributed by atoms with Crippen molar-refractivity contribution in [3.05, 3.63) is 76.6 Å². The Labute approximate surface area is 169 Å². The molecule has 28 heavy (non-hydrogen) atoms. The number of carbonyl (C=O) groups excluding carboxylic acids is 1. The predicted octanol–water partition coefficient (Wildman–Crippen LogP) is 5.57. The molecular weight excluding hydrogens is 417 g/mol. The number of halogens is 1. The van der Waals surface area contributed by atoms with Crippen LogP contribution in [0.5, 0.6) is 0 Å². The normalized spacial score (nSPS) is 13.0. The molecule has 1 unspecified atom stereocenters. The number of amides is 1. The van der Waals surface area contributed by atoms with Gasteiger partial charge >= 0.3 is 7.60 Å². The molecule has 0 fully saturated rings. The smallest absolute Gasteiger partial charge is 0.325 e. The lowest BCUT2D eigenvalue weighted by Gasteiger charge is -2.18. The summed E-state index contributed by atoms with van der Waals surface area (Å²) in [4.78, 5) is 32.7. The molecule has 1 atom stereocenters. The maximum atomic E-state index is 12.9. The van der Waals surface area contributed by atoms with Crippen LogP contribution in [0, 0.1) is 0 Å². The van der Waals surface area contributed by atoms with Gasteiger partial charge in [-0.15, -0.1) is 11.3 Å².